The molecule has 3 rings (SSSR count). The fraction of sp³-hybridized carbons (Fsp3) is 0.400. The van der Waals surface area contributed by atoms with Crippen LogP contribution < -0.4 is 15.5 Å². The molecular formula is C20H25F2N5. The number of hydrogen-bond donors (Lipinski definition) is 2. The maximum Gasteiger partial charge on any atom is 0.191 e. The van der Waals surface area contributed by atoms with Gasteiger partial charge in [-0.3, -0.25) is 9.98 Å². The number of aryl methyl sites for hydroxylation is 1. The van der Waals surface area contributed by atoms with Crippen molar-refractivity contribution in [2.45, 2.75) is 25.8 Å². The van der Waals surface area contributed by atoms with E-state index in [4.69, 9.17) is 0 Å². The largest absolute Gasteiger partial charge is 0.367 e. The molecule has 2 heterocycles. The second kappa shape index (κ2) is 8.79. The molecule has 0 bridgehead atoms. The molecule has 1 fully saturated rings. The summed E-state index contributed by atoms with van der Waals surface area (Å²) in [5, 5.41) is 6.68. The SMILES string of the molecule is CN=C(NCCc1ccc(C)nc1)NC1CCN(c2ccc(F)cc2F)C1. The molecule has 1 aromatic carbocycles. The highest BCUT2D eigenvalue weighted by atomic mass is 19.1. The molecule has 0 amide bonds. The topological polar surface area (TPSA) is 52.6 Å². The Morgan fingerprint density at radius 3 is 2.85 bits per heavy atom. The summed E-state index contributed by atoms with van der Waals surface area (Å²) in [4.78, 5) is 10.5. The summed E-state index contributed by atoms with van der Waals surface area (Å²) in [7, 11) is 1.73. The molecule has 0 radical (unpaired) electrons. The van der Waals surface area contributed by atoms with Crippen LogP contribution in [0.5, 0.6) is 0 Å². The van der Waals surface area contributed by atoms with E-state index in [2.05, 4.69) is 26.7 Å². The highest BCUT2D eigenvalue weighted by Gasteiger charge is 2.25. The molecule has 2 aromatic rings. The Labute approximate surface area is 158 Å². The van der Waals surface area contributed by atoms with Gasteiger partial charge in [0.2, 0.25) is 0 Å². The van der Waals surface area contributed by atoms with Crippen LogP contribution in [0.25, 0.3) is 0 Å². The maximum absolute atomic E-state index is 14.0. The third-order valence-corrected chi connectivity index (χ3v) is 4.68. The van der Waals surface area contributed by atoms with Crippen molar-refractivity contribution in [3.05, 3.63) is 59.4 Å². The predicted octanol–water partition coefficient (Wildman–Crippen LogP) is 2.65. The lowest BCUT2D eigenvalue weighted by atomic mass is 10.2. The smallest absolute Gasteiger partial charge is 0.191 e. The Morgan fingerprint density at radius 2 is 2.15 bits per heavy atom. The number of nitrogens with zero attached hydrogens (tertiary/aromatic N) is 3. The molecule has 0 aliphatic carbocycles. The van der Waals surface area contributed by atoms with Gasteiger partial charge in [-0.05, 0) is 43.5 Å². The second-order valence-corrected chi connectivity index (χ2v) is 6.73. The van der Waals surface area contributed by atoms with E-state index in [1.54, 1.807) is 7.05 Å². The first-order valence-corrected chi connectivity index (χ1v) is 9.14. The highest BCUT2D eigenvalue weighted by Crippen LogP contribution is 2.24. The molecule has 1 unspecified atom stereocenters. The highest BCUT2D eigenvalue weighted by molar-refractivity contribution is 5.80. The van der Waals surface area contributed by atoms with E-state index < -0.39 is 11.6 Å². The van der Waals surface area contributed by atoms with E-state index in [0.29, 0.717) is 18.8 Å². The van der Waals surface area contributed by atoms with Gasteiger partial charge in [0, 0.05) is 50.7 Å². The van der Waals surface area contributed by atoms with Crippen LogP contribution in [0.2, 0.25) is 0 Å². The number of anilines is 1. The van der Waals surface area contributed by atoms with Crippen LogP contribution in [0.15, 0.2) is 41.5 Å². The van der Waals surface area contributed by atoms with Crippen molar-refractivity contribution in [3.8, 4) is 0 Å². The van der Waals surface area contributed by atoms with Crippen LogP contribution >= 0.6 is 0 Å². The van der Waals surface area contributed by atoms with E-state index in [9.17, 15) is 8.78 Å². The van der Waals surface area contributed by atoms with Crippen LogP contribution in [0, 0.1) is 18.6 Å². The second-order valence-electron chi connectivity index (χ2n) is 6.73. The number of halogens is 2. The minimum atomic E-state index is -0.557. The number of guanidine groups is 1. The number of nitrogens with one attached hydrogen (secondary N) is 2. The fourth-order valence-electron chi connectivity index (χ4n) is 3.19. The van der Waals surface area contributed by atoms with Crippen LogP contribution in [-0.4, -0.2) is 43.7 Å². The van der Waals surface area contributed by atoms with Gasteiger partial charge in [0.15, 0.2) is 5.96 Å². The zero-order valence-electron chi connectivity index (χ0n) is 15.7. The van der Waals surface area contributed by atoms with Crippen molar-refractivity contribution in [1.82, 2.24) is 15.6 Å². The van der Waals surface area contributed by atoms with Crippen molar-refractivity contribution in [1.29, 1.82) is 0 Å². The van der Waals surface area contributed by atoms with Crippen molar-refractivity contribution in [2.75, 3.05) is 31.6 Å². The van der Waals surface area contributed by atoms with E-state index in [1.165, 1.54) is 17.7 Å². The molecule has 0 saturated carbocycles. The lowest BCUT2D eigenvalue weighted by Gasteiger charge is -2.21. The van der Waals surface area contributed by atoms with Gasteiger partial charge in [-0.2, -0.15) is 0 Å². The van der Waals surface area contributed by atoms with E-state index >= 15 is 0 Å². The summed E-state index contributed by atoms with van der Waals surface area (Å²) < 4.78 is 27.1. The third-order valence-electron chi connectivity index (χ3n) is 4.68. The monoisotopic (exact) mass is 373 g/mol. The predicted molar refractivity (Wildman–Crippen MR) is 104 cm³/mol. The molecule has 1 aromatic heterocycles. The summed E-state index contributed by atoms with van der Waals surface area (Å²) in [5.74, 6) is -0.357. The van der Waals surface area contributed by atoms with Crippen LogP contribution in [0.1, 0.15) is 17.7 Å². The third kappa shape index (κ3) is 5.15. The Hall–Kier alpha value is -2.70. The van der Waals surface area contributed by atoms with Gasteiger partial charge >= 0.3 is 0 Å². The van der Waals surface area contributed by atoms with E-state index in [-0.39, 0.29) is 6.04 Å². The molecule has 5 nitrogen and oxygen atoms in total. The lowest BCUT2D eigenvalue weighted by molar-refractivity contribution is 0.580. The number of pyridine rings is 1. The van der Waals surface area contributed by atoms with Gasteiger partial charge < -0.3 is 15.5 Å². The van der Waals surface area contributed by atoms with E-state index in [0.717, 1.165) is 37.1 Å². The lowest BCUT2D eigenvalue weighted by Crippen LogP contribution is -2.45. The molecule has 2 N–H and O–H groups in total. The Balaban J connectivity index is 1.48. The van der Waals surface area contributed by atoms with E-state index in [1.807, 2.05) is 24.1 Å². The van der Waals surface area contributed by atoms with Gasteiger partial charge in [-0.25, -0.2) is 8.78 Å². The molecule has 27 heavy (non-hydrogen) atoms. The van der Waals surface area contributed by atoms with Crippen molar-refractivity contribution < 1.29 is 8.78 Å². The van der Waals surface area contributed by atoms with Gasteiger partial charge in [0.1, 0.15) is 11.6 Å². The molecular weight excluding hydrogens is 348 g/mol. The first-order valence-electron chi connectivity index (χ1n) is 9.14. The maximum atomic E-state index is 14.0. The molecule has 1 aliphatic heterocycles. The Morgan fingerprint density at radius 1 is 1.30 bits per heavy atom. The molecule has 7 heteroatoms. The Bertz CT molecular complexity index is 791. The summed E-state index contributed by atoms with van der Waals surface area (Å²) in [6, 6.07) is 7.95. The average Bonchev–Trinajstić information content (AvgIpc) is 3.10. The average molecular weight is 373 g/mol. The first kappa shape index (κ1) is 19.1. The van der Waals surface area contributed by atoms with Crippen LogP contribution in [0.4, 0.5) is 14.5 Å². The van der Waals surface area contributed by atoms with Gasteiger partial charge in [0.05, 0.1) is 5.69 Å². The number of rotatable bonds is 5. The molecule has 1 atom stereocenters. The minimum Gasteiger partial charge on any atom is -0.367 e. The number of aromatic nitrogens is 1. The minimum absolute atomic E-state index is 0.154. The van der Waals surface area contributed by atoms with Crippen molar-refractivity contribution in [3.63, 3.8) is 0 Å². The van der Waals surface area contributed by atoms with Crippen molar-refractivity contribution in [2.24, 2.45) is 4.99 Å². The first-order chi connectivity index (χ1) is 13.0. The fourth-order valence-corrected chi connectivity index (χ4v) is 3.19. The zero-order chi connectivity index (χ0) is 19.2. The summed E-state index contributed by atoms with van der Waals surface area (Å²) in [6.45, 7) is 4.07. The summed E-state index contributed by atoms with van der Waals surface area (Å²) in [5.41, 5.74) is 2.62. The van der Waals surface area contributed by atoms with Gasteiger partial charge in [-0.1, -0.05) is 6.07 Å². The molecule has 1 aliphatic rings. The number of benzene rings is 1. The standard InChI is InChI=1S/C20H25F2N5/c1-14-3-4-15(12-25-14)7-9-24-20(23-2)26-17-8-10-27(13-17)19-6-5-16(21)11-18(19)22/h3-6,11-12,17H,7-10,13H2,1-2H3,(H2,23,24,26). The zero-order valence-corrected chi connectivity index (χ0v) is 15.7. The molecule has 144 valence electrons. The van der Waals surface area contributed by atoms with Gasteiger partial charge in [0.25, 0.3) is 0 Å². The van der Waals surface area contributed by atoms with Crippen LogP contribution in [0.3, 0.4) is 0 Å². The molecule has 1 saturated heterocycles. The van der Waals surface area contributed by atoms with Crippen molar-refractivity contribution >= 4 is 11.6 Å². The van der Waals surface area contributed by atoms with Gasteiger partial charge in [-0.15, -0.1) is 0 Å². The quantitative estimate of drug-likeness (QED) is 0.625. The normalized spacial score (nSPS) is 17.3. The van der Waals surface area contributed by atoms with Crippen LogP contribution in [-0.2, 0) is 6.42 Å². The summed E-state index contributed by atoms with van der Waals surface area (Å²) in [6.07, 6.45) is 3.60. The summed E-state index contributed by atoms with van der Waals surface area (Å²) >= 11 is 0. The molecule has 0 spiro atoms. The Kier molecular flexibility index (Phi) is 6.21. The number of hydrogen-bond acceptors (Lipinski definition) is 3. The number of aliphatic imine (C=N–C) groups is 1.